The topological polar surface area (TPSA) is 67.2 Å². The van der Waals surface area contributed by atoms with Crippen LogP contribution in [0.25, 0.3) is 11.0 Å². The van der Waals surface area contributed by atoms with Gasteiger partial charge in [-0.25, -0.2) is 13.8 Å². The number of fused-ring (bicyclic) bond motifs is 1. The van der Waals surface area contributed by atoms with E-state index in [2.05, 4.69) is 10.3 Å². The van der Waals surface area contributed by atoms with Crippen molar-refractivity contribution in [3.05, 3.63) is 23.5 Å². The maximum atomic E-state index is 14.7. The Labute approximate surface area is 156 Å². The number of benzene rings is 1. The SMILES string of the molecule is CCC(O)(CF)CC(=O)Nc1nc2c(F)cc(C3CC3)cc2n1C1CCC1. The van der Waals surface area contributed by atoms with Crippen molar-refractivity contribution in [3.8, 4) is 0 Å². The summed E-state index contributed by atoms with van der Waals surface area (Å²) in [5.41, 5.74) is 0.254. The highest BCUT2D eigenvalue weighted by Crippen LogP contribution is 2.43. The first kappa shape index (κ1) is 18.3. The lowest BCUT2D eigenvalue weighted by Gasteiger charge is -2.29. The molecule has 2 saturated carbocycles. The summed E-state index contributed by atoms with van der Waals surface area (Å²) in [4.78, 5) is 16.7. The number of alkyl halides is 1. The second kappa shape index (κ2) is 6.86. The fraction of sp³-hybridized carbons (Fsp3) is 0.600. The number of amides is 1. The summed E-state index contributed by atoms with van der Waals surface area (Å²) >= 11 is 0. The Kier molecular flexibility index (Phi) is 4.66. The minimum Gasteiger partial charge on any atom is -0.387 e. The Hall–Kier alpha value is -2.02. The average Bonchev–Trinajstić information content (AvgIpc) is 3.39. The van der Waals surface area contributed by atoms with Gasteiger partial charge in [0.15, 0.2) is 5.82 Å². The van der Waals surface area contributed by atoms with Crippen LogP contribution in [-0.4, -0.2) is 32.8 Å². The molecular weight excluding hydrogens is 352 g/mol. The van der Waals surface area contributed by atoms with Gasteiger partial charge in [0.05, 0.1) is 11.9 Å². The van der Waals surface area contributed by atoms with Crippen LogP contribution in [0.3, 0.4) is 0 Å². The molecule has 2 aliphatic rings. The number of hydrogen-bond acceptors (Lipinski definition) is 3. The van der Waals surface area contributed by atoms with Gasteiger partial charge in [0.2, 0.25) is 11.9 Å². The first-order valence-electron chi connectivity index (χ1n) is 9.73. The van der Waals surface area contributed by atoms with Gasteiger partial charge in [0.1, 0.15) is 17.8 Å². The number of anilines is 1. The van der Waals surface area contributed by atoms with Crippen molar-refractivity contribution in [2.45, 2.75) is 69.4 Å². The highest BCUT2D eigenvalue weighted by molar-refractivity contribution is 5.92. The number of halogens is 2. The fourth-order valence-electron chi connectivity index (χ4n) is 3.66. The minimum atomic E-state index is -1.68. The van der Waals surface area contributed by atoms with Crippen LogP contribution >= 0.6 is 0 Å². The number of hydrogen-bond donors (Lipinski definition) is 2. The summed E-state index contributed by atoms with van der Waals surface area (Å²) in [5.74, 6) is -0.202. The third kappa shape index (κ3) is 3.45. The van der Waals surface area contributed by atoms with Gasteiger partial charge in [-0.15, -0.1) is 0 Å². The summed E-state index contributed by atoms with van der Waals surface area (Å²) in [6.07, 6.45) is 4.91. The lowest BCUT2D eigenvalue weighted by molar-refractivity contribution is -0.122. The van der Waals surface area contributed by atoms with E-state index in [1.54, 1.807) is 13.0 Å². The predicted octanol–water partition coefficient (Wildman–Crippen LogP) is 4.22. The molecule has 27 heavy (non-hydrogen) atoms. The van der Waals surface area contributed by atoms with Crippen molar-refractivity contribution in [2.75, 3.05) is 12.0 Å². The quantitative estimate of drug-likeness (QED) is 0.759. The molecule has 2 aliphatic carbocycles. The van der Waals surface area contributed by atoms with Crippen molar-refractivity contribution in [3.63, 3.8) is 0 Å². The summed E-state index contributed by atoms with van der Waals surface area (Å²) in [6.45, 7) is 0.639. The molecule has 0 spiro atoms. The van der Waals surface area contributed by atoms with Crippen LogP contribution in [0.4, 0.5) is 14.7 Å². The molecule has 0 aliphatic heterocycles. The molecule has 1 aromatic carbocycles. The molecule has 1 heterocycles. The summed E-state index contributed by atoms with van der Waals surface area (Å²) in [7, 11) is 0. The molecule has 2 aromatic rings. The Balaban J connectivity index is 1.69. The van der Waals surface area contributed by atoms with E-state index >= 15 is 0 Å². The number of carbonyl (C=O) groups excluding carboxylic acids is 1. The highest BCUT2D eigenvalue weighted by Gasteiger charge is 2.32. The summed E-state index contributed by atoms with van der Waals surface area (Å²) in [6, 6.07) is 3.70. The lowest BCUT2D eigenvalue weighted by Crippen LogP contribution is -2.36. The van der Waals surface area contributed by atoms with E-state index in [0.717, 1.165) is 37.7 Å². The molecule has 0 bridgehead atoms. The van der Waals surface area contributed by atoms with E-state index in [4.69, 9.17) is 0 Å². The van der Waals surface area contributed by atoms with Gasteiger partial charge in [0, 0.05) is 6.04 Å². The number of aliphatic hydroxyl groups is 1. The molecule has 5 nitrogen and oxygen atoms in total. The van der Waals surface area contributed by atoms with Gasteiger partial charge in [-0.3, -0.25) is 10.1 Å². The molecule has 1 unspecified atom stereocenters. The normalized spacial score (nSPS) is 19.7. The number of aromatic nitrogens is 2. The van der Waals surface area contributed by atoms with E-state index < -0.39 is 18.2 Å². The van der Waals surface area contributed by atoms with Crippen LogP contribution < -0.4 is 5.32 Å². The Bertz CT molecular complexity index is 868. The molecule has 4 rings (SSSR count). The van der Waals surface area contributed by atoms with Gasteiger partial charge < -0.3 is 9.67 Å². The van der Waals surface area contributed by atoms with Gasteiger partial charge in [0.25, 0.3) is 0 Å². The summed E-state index contributed by atoms with van der Waals surface area (Å²) in [5, 5.41) is 12.8. The zero-order chi connectivity index (χ0) is 19.2. The molecule has 2 N–H and O–H groups in total. The Morgan fingerprint density at radius 1 is 1.37 bits per heavy atom. The van der Waals surface area contributed by atoms with Crippen LogP contribution in [0.5, 0.6) is 0 Å². The van der Waals surface area contributed by atoms with E-state index in [-0.39, 0.29) is 36.2 Å². The van der Waals surface area contributed by atoms with E-state index in [1.165, 1.54) is 0 Å². The van der Waals surface area contributed by atoms with Crippen LogP contribution in [-0.2, 0) is 4.79 Å². The molecule has 7 heteroatoms. The van der Waals surface area contributed by atoms with Crippen molar-refractivity contribution in [2.24, 2.45) is 0 Å². The predicted molar refractivity (Wildman–Crippen MR) is 99.0 cm³/mol. The largest absolute Gasteiger partial charge is 0.387 e. The van der Waals surface area contributed by atoms with Crippen LogP contribution in [0.2, 0.25) is 0 Å². The second-order valence-electron chi connectivity index (χ2n) is 7.97. The molecule has 1 atom stereocenters. The number of nitrogens with one attached hydrogen (secondary N) is 1. The molecule has 146 valence electrons. The number of nitrogens with zero attached hydrogens (tertiary/aromatic N) is 2. The molecule has 2 fully saturated rings. The zero-order valence-corrected chi connectivity index (χ0v) is 15.5. The standard InChI is InChI=1S/C20H25F2N3O2/c1-2-20(27,11-21)10-17(26)23-19-24-18-15(22)8-13(12-6-7-12)9-16(18)25(19)14-4-3-5-14/h8-9,12,14,27H,2-7,10-11H2,1H3,(H,23,24,26). The van der Waals surface area contributed by atoms with Gasteiger partial charge in [-0.05, 0) is 62.1 Å². The third-order valence-corrected chi connectivity index (χ3v) is 5.91. The first-order chi connectivity index (χ1) is 12.9. The molecule has 1 aromatic heterocycles. The third-order valence-electron chi connectivity index (χ3n) is 5.91. The van der Waals surface area contributed by atoms with Crippen LogP contribution in [0, 0.1) is 5.82 Å². The smallest absolute Gasteiger partial charge is 0.229 e. The Morgan fingerprint density at radius 2 is 2.11 bits per heavy atom. The highest BCUT2D eigenvalue weighted by atomic mass is 19.1. The van der Waals surface area contributed by atoms with Crippen molar-refractivity contribution in [1.82, 2.24) is 9.55 Å². The van der Waals surface area contributed by atoms with Crippen molar-refractivity contribution in [1.29, 1.82) is 0 Å². The van der Waals surface area contributed by atoms with Gasteiger partial charge in [-0.1, -0.05) is 6.92 Å². The Morgan fingerprint density at radius 3 is 2.67 bits per heavy atom. The average molecular weight is 377 g/mol. The zero-order valence-electron chi connectivity index (χ0n) is 15.5. The molecule has 0 saturated heterocycles. The lowest BCUT2D eigenvalue weighted by atomic mass is 9.92. The van der Waals surface area contributed by atoms with Crippen molar-refractivity contribution < 1.29 is 18.7 Å². The minimum absolute atomic E-state index is 0.134. The number of carbonyl (C=O) groups is 1. The first-order valence-corrected chi connectivity index (χ1v) is 9.73. The monoisotopic (exact) mass is 377 g/mol. The van der Waals surface area contributed by atoms with E-state index in [1.807, 2.05) is 10.6 Å². The molecule has 0 radical (unpaired) electrons. The maximum Gasteiger partial charge on any atom is 0.229 e. The van der Waals surface area contributed by atoms with E-state index in [0.29, 0.717) is 11.4 Å². The van der Waals surface area contributed by atoms with Crippen molar-refractivity contribution >= 4 is 22.9 Å². The fourth-order valence-corrected chi connectivity index (χ4v) is 3.66. The summed E-state index contributed by atoms with van der Waals surface area (Å²) < 4.78 is 29.6. The number of rotatable bonds is 7. The van der Waals surface area contributed by atoms with Crippen LogP contribution in [0.1, 0.15) is 69.4 Å². The molecular formula is C20H25F2N3O2. The van der Waals surface area contributed by atoms with Gasteiger partial charge >= 0.3 is 0 Å². The maximum absolute atomic E-state index is 14.7. The number of imidazole rings is 1. The van der Waals surface area contributed by atoms with Gasteiger partial charge in [-0.2, -0.15) is 0 Å². The second-order valence-corrected chi connectivity index (χ2v) is 7.97. The van der Waals surface area contributed by atoms with E-state index in [9.17, 15) is 18.7 Å². The molecule has 1 amide bonds. The van der Waals surface area contributed by atoms with Crippen LogP contribution in [0.15, 0.2) is 12.1 Å².